The van der Waals surface area contributed by atoms with Crippen LogP contribution in [-0.4, -0.2) is 34.0 Å². The van der Waals surface area contributed by atoms with Crippen LogP contribution in [0.1, 0.15) is 0 Å². The highest BCUT2D eigenvalue weighted by Gasteiger charge is 2.08. The Morgan fingerprint density at radius 1 is 1.22 bits per heavy atom. The Balaban J connectivity index is 2.29. The standard InChI is InChI=1S/C10H11BrN6O/c1-17(2)9-14-8(12)15-10(16-9)18-7-3-6(11)4-13-5-7/h3-5H,1-2H3,(H2,12,14,15,16). The number of halogens is 1. The van der Waals surface area contributed by atoms with Gasteiger partial charge in [-0.1, -0.05) is 0 Å². The van der Waals surface area contributed by atoms with E-state index in [2.05, 4.69) is 35.9 Å². The summed E-state index contributed by atoms with van der Waals surface area (Å²) in [7, 11) is 3.61. The van der Waals surface area contributed by atoms with Gasteiger partial charge in [-0.2, -0.15) is 15.0 Å². The molecule has 0 fully saturated rings. The monoisotopic (exact) mass is 310 g/mol. The lowest BCUT2D eigenvalue weighted by atomic mass is 10.5. The fourth-order valence-corrected chi connectivity index (χ4v) is 1.50. The molecule has 94 valence electrons. The first-order valence-corrected chi connectivity index (χ1v) is 5.81. The van der Waals surface area contributed by atoms with Crippen molar-refractivity contribution in [2.75, 3.05) is 24.7 Å². The van der Waals surface area contributed by atoms with Crippen LogP contribution >= 0.6 is 15.9 Å². The quantitative estimate of drug-likeness (QED) is 0.918. The Bertz CT molecular complexity index is 562. The number of aromatic nitrogens is 4. The van der Waals surface area contributed by atoms with Gasteiger partial charge in [-0.05, 0) is 22.0 Å². The largest absolute Gasteiger partial charge is 0.422 e. The lowest BCUT2D eigenvalue weighted by molar-refractivity contribution is 0.438. The average Bonchev–Trinajstić information content (AvgIpc) is 2.28. The van der Waals surface area contributed by atoms with Gasteiger partial charge in [-0.25, -0.2) is 0 Å². The zero-order valence-electron chi connectivity index (χ0n) is 9.83. The van der Waals surface area contributed by atoms with Crippen molar-refractivity contribution in [3.63, 3.8) is 0 Å². The number of pyridine rings is 1. The molecule has 0 radical (unpaired) electrons. The van der Waals surface area contributed by atoms with Crippen molar-refractivity contribution in [1.29, 1.82) is 0 Å². The van der Waals surface area contributed by atoms with Crippen LogP contribution in [-0.2, 0) is 0 Å². The van der Waals surface area contributed by atoms with E-state index in [0.717, 1.165) is 4.47 Å². The third kappa shape index (κ3) is 3.04. The van der Waals surface area contributed by atoms with E-state index in [1.807, 2.05) is 0 Å². The normalized spacial score (nSPS) is 10.2. The number of ether oxygens (including phenoxy) is 1. The molecule has 2 heterocycles. The lowest BCUT2D eigenvalue weighted by Gasteiger charge is -2.11. The molecular formula is C10H11BrN6O. The second kappa shape index (κ2) is 5.13. The van der Waals surface area contributed by atoms with E-state index >= 15 is 0 Å². The predicted octanol–water partition coefficient (Wildman–Crippen LogP) is 1.47. The maximum Gasteiger partial charge on any atom is 0.328 e. The van der Waals surface area contributed by atoms with Crippen molar-refractivity contribution in [2.24, 2.45) is 0 Å². The Morgan fingerprint density at radius 3 is 2.67 bits per heavy atom. The Hall–Kier alpha value is -1.96. The molecule has 0 bridgehead atoms. The van der Waals surface area contributed by atoms with E-state index in [0.29, 0.717) is 11.7 Å². The third-order valence-electron chi connectivity index (χ3n) is 1.91. The van der Waals surface area contributed by atoms with Crippen LogP contribution in [0, 0.1) is 0 Å². The molecule has 0 aliphatic carbocycles. The van der Waals surface area contributed by atoms with Gasteiger partial charge in [0.1, 0.15) is 0 Å². The maximum atomic E-state index is 5.59. The molecule has 0 amide bonds. The van der Waals surface area contributed by atoms with Crippen LogP contribution in [0.2, 0.25) is 0 Å². The molecular weight excluding hydrogens is 300 g/mol. The first kappa shape index (κ1) is 12.5. The van der Waals surface area contributed by atoms with E-state index < -0.39 is 0 Å². The molecule has 0 saturated carbocycles. The van der Waals surface area contributed by atoms with Crippen LogP contribution in [0.3, 0.4) is 0 Å². The fourth-order valence-electron chi connectivity index (χ4n) is 1.16. The van der Waals surface area contributed by atoms with Gasteiger partial charge in [-0.15, -0.1) is 0 Å². The van der Waals surface area contributed by atoms with Gasteiger partial charge in [0.15, 0.2) is 5.75 Å². The van der Waals surface area contributed by atoms with Crippen LogP contribution in [0.5, 0.6) is 11.8 Å². The molecule has 18 heavy (non-hydrogen) atoms. The summed E-state index contributed by atoms with van der Waals surface area (Å²) in [6, 6.07) is 1.88. The van der Waals surface area contributed by atoms with Crippen molar-refractivity contribution in [3.8, 4) is 11.8 Å². The number of nitrogens with two attached hydrogens (primary N) is 1. The molecule has 0 aliphatic rings. The SMILES string of the molecule is CN(C)c1nc(N)nc(Oc2cncc(Br)c2)n1. The van der Waals surface area contributed by atoms with Crippen LogP contribution in [0.15, 0.2) is 22.9 Å². The van der Waals surface area contributed by atoms with Crippen LogP contribution < -0.4 is 15.4 Å². The molecule has 7 nitrogen and oxygen atoms in total. The smallest absolute Gasteiger partial charge is 0.328 e. The van der Waals surface area contributed by atoms with Crippen molar-refractivity contribution in [2.45, 2.75) is 0 Å². The van der Waals surface area contributed by atoms with Gasteiger partial charge in [0.05, 0.1) is 6.20 Å². The summed E-state index contributed by atoms with van der Waals surface area (Å²) < 4.78 is 6.27. The predicted molar refractivity (Wildman–Crippen MR) is 70.6 cm³/mol. The van der Waals surface area contributed by atoms with Crippen molar-refractivity contribution in [3.05, 3.63) is 22.9 Å². The molecule has 2 aromatic heterocycles. The summed E-state index contributed by atoms with van der Waals surface area (Å²) in [5, 5.41) is 0. The van der Waals surface area contributed by atoms with Gasteiger partial charge in [0.2, 0.25) is 11.9 Å². The molecule has 0 aliphatic heterocycles. The molecule has 2 aromatic rings. The van der Waals surface area contributed by atoms with E-state index in [-0.39, 0.29) is 12.0 Å². The molecule has 0 spiro atoms. The van der Waals surface area contributed by atoms with E-state index in [4.69, 9.17) is 10.5 Å². The minimum absolute atomic E-state index is 0.103. The van der Waals surface area contributed by atoms with Crippen molar-refractivity contribution in [1.82, 2.24) is 19.9 Å². The molecule has 0 atom stereocenters. The Morgan fingerprint density at radius 2 is 2.00 bits per heavy atom. The molecule has 8 heteroatoms. The maximum absolute atomic E-state index is 5.59. The van der Waals surface area contributed by atoms with E-state index in [9.17, 15) is 0 Å². The minimum Gasteiger partial charge on any atom is -0.422 e. The zero-order valence-corrected chi connectivity index (χ0v) is 11.4. The van der Waals surface area contributed by atoms with Crippen molar-refractivity contribution >= 4 is 27.8 Å². The second-order valence-corrected chi connectivity index (χ2v) is 4.53. The van der Waals surface area contributed by atoms with Gasteiger partial charge in [-0.3, -0.25) is 4.98 Å². The highest BCUT2D eigenvalue weighted by Crippen LogP contribution is 2.21. The third-order valence-corrected chi connectivity index (χ3v) is 2.34. The summed E-state index contributed by atoms with van der Waals surface area (Å²) in [6.45, 7) is 0. The van der Waals surface area contributed by atoms with E-state index in [1.165, 1.54) is 0 Å². The molecule has 0 saturated heterocycles. The number of nitrogens with zero attached hydrogens (tertiary/aromatic N) is 5. The molecule has 0 unspecified atom stereocenters. The van der Waals surface area contributed by atoms with Crippen molar-refractivity contribution < 1.29 is 4.74 Å². The number of rotatable bonds is 3. The topological polar surface area (TPSA) is 90.1 Å². The van der Waals surface area contributed by atoms with Crippen LogP contribution in [0.4, 0.5) is 11.9 Å². The van der Waals surface area contributed by atoms with Gasteiger partial charge >= 0.3 is 6.01 Å². The number of hydrogen-bond donors (Lipinski definition) is 1. The number of hydrogen-bond acceptors (Lipinski definition) is 7. The first-order valence-electron chi connectivity index (χ1n) is 5.02. The van der Waals surface area contributed by atoms with Gasteiger partial charge in [0.25, 0.3) is 0 Å². The highest BCUT2D eigenvalue weighted by atomic mass is 79.9. The lowest BCUT2D eigenvalue weighted by Crippen LogP contribution is -2.15. The summed E-state index contributed by atoms with van der Waals surface area (Å²) in [6.07, 6.45) is 3.21. The minimum atomic E-state index is 0.103. The summed E-state index contributed by atoms with van der Waals surface area (Å²) in [4.78, 5) is 17.7. The second-order valence-electron chi connectivity index (χ2n) is 3.61. The highest BCUT2D eigenvalue weighted by molar-refractivity contribution is 9.10. The van der Waals surface area contributed by atoms with Gasteiger partial charge < -0.3 is 15.4 Å². The molecule has 2 N–H and O–H groups in total. The number of anilines is 2. The fraction of sp³-hybridized carbons (Fsp3) is 0.200. The number of nitrogen functional groups attached to an aromatic ring is 1. The Labute approximate surface area is 112 Å². The average molecular weight is 311 g/mol. The van der Waals surface area contributed by atoms with Crippen LogP contribution in [0.25, 0.3) is 0 Å². The van der Waals surface area contributed by atoms with E-state index in [1.54, 1.807) is 37.5 Å². The summed E-state index contributed by atoms with van der Waals surface area (Å²) in [5.74, 6) is 1.05. The van der Waals surface area contributed by atoms with Gasteiger partial charge in [0, 0.05) is 24.8 Å². The first-order chi connectivity index (χ1) is 8.54. The molecule has 0 aromatic carbocycles. The molecule has 2 rings (SSSR count). The summed E-state index contributed by atoms with van der Waals surface area (Å²) >= 11 is 3.30. The summed E-state index contributed by atoms with van der Waals surface area (Å²) in [5.41, 5.74) is 5.59. The Kier molecular flexibility index (Phi) is 3.56. The zero-order chi connectivity index (χ0) is 13.1.